The summed E-state index contributed by atoms with van der Waals surface area (Å²) in [6, 6.07) is 9.91. The predicted octanol–water partition coefficient (Wildman–Crippen LogP) is 4.77. The molecule has 1 aromatic carbocycles. The molecule has 0 saturated carbocycles. The van der Waals surface area contributed by atoms with Crippen LogP contribution in [0.15, 0.2) is 48.7 Å². The number of nitrogens with two attached hydrogens (primary N) is 1. The zero-order valence-electron chi connectivity index (χ0n) is 19.7. The number of rotatable bonds is 7. The van der Waals surface area contributed by atoms with Crippen LogP contribution < -0.4 is 10.5 Å². The van der Waals surface area contributed by atoms with Gasteiger partial charge in [-0.3, -0.25) is 4.98 Å². The lowest BCUT2D eigenvalue weighted by atomic mass is 9.99. The summed E-state index contributed by atoms with van der Waals surface area (Å²) in [5, 5.41) is 10.2. The fourth-order valence-corrected chi connectivity index (χ4v) is 3.50. The Bertz CT molecular complexity index is 1390. The van der Waals surface area contributed by atoms with Gasteiger partial charge in [-0.1, -0.05) is 0 Å². The van der Waals surface area contributed by atoms with Crippen molar-refractivity contribution in [1.29, 1.82) is 0 Å². The van der Waals surface area contributed by atoms with Gasteiger partial charge in [-0.25, -0.2) is 28.1 Å². The molecule has 0 fully saturated rings. The van der Waals surface area contributed by atoms with E-state index in [0.29, 0.717) is 22.5 Å². The number of hydrogen-bond acceptors (Lipinski definition) is 8. The quantitative estimate of drug-likeness (QED) is 0.376. The highest BCUT2D eigenvalue weighted by Crippen LogP contribution is 2.39. The van der Waals surface area contributed by atoms with Crippen molar-refractivity contribution in [2.45, 2.75) is 39.4 Å². The predicted molar refractivity (Wildman–Crippen MR) is 126 cm³/mol. The molecular formula is C25H23F3N6O2. The maximum atomic E-state index is 13.6. The second-order valence-electron chi connectivity index (χ2n) is 8.56. The monoisotopic (exact) mass is 496 g/mol. The first-order valence-corrected chi connectivity index (χ1v) is 10.9. The Kier molecular flexibility index (Phi) is 6.84. The van der Waals surface area contributed by atoms with Crippen molar-refractivity contribution in [3.05, 3.63) is 77.4 Å². The summed E-state index contributed by atoms with van der Waals surface area (Å²) in [6.07, 6.45) is -1.32. The Labute approximate surface area is 205 Å². The third-order valence-corrected chi connectivity index (χ3v) is 5.11. The normalized spacial score (nSPS) is 11.7. The van der Waals surface area contributed by atoms with E-state index in [1.807, 2.05) is 0 Å². The van der Waals surface area contributed by atoms with Gasteiger partial charge in [-0.15, -0.1) is 0 Å². The van der Waals surface area contributed by atoms with Crippen LogP contribution in [-0.4, -0.2) is 30.0 Å². The first kappa shape index (κ1) is 25.0. The minimum absolute atomic E-state index is 0.0102. The SMILES string of the molecule is Cc1cc(-c2c(OCc3ccnc(C(C)(C)O)n3)nc(N)nc2-c2ccc(F)cc2)cc(C(F)F)n1. The summed E-state index contributed by atoms with van der Waals surface area (Å²) in [7, 11) is 0. The third-order valence-electron chi connectivity index (χ3n) is 5.11. The van der Waals surface area contributed by atoms with Crippen molar-refractivity contribution in [2.24, 2.45) is 0 Å². The molecule has 8 nitrogen and oxygen atoms in total. The van der Waals surface area contributed by atoms with Crippen molar-refractivity contribution in [2.75, 3.05) is 5.73 Å². The molecule has 0 bridgehead atoms. The highest BCUT2D eigenvalue weighted by molar-refractivity contribution is 5.85. The van der Waals surface area contributed by atoms with Crippen molar-refractivity contribution >= 4 is 5.95 Å². The lowest BCUT2D eigenvalue weighted by Gasteiger charge is -2.18. The van der Waals surface area contributed by atoms with E-state index in [0.717, 1.165) is 0 Å². The molecule has 0 spiro atoms. The van der Waals surface area contributed by atoms with Gasteiger partial charge in [0.2, 0.25) is 11.8 Å². The number of anilines is 1. The number of benzene rings is 1. The van der Waals surface area contributed by atoms with Crippen LogP contribution in [0.3, 0.4) is 0 Å². The molecule has 4 aromatic rings. The van der Waals surface area contributed by atoms with Crippen LogP contribution in [0, 0.1) is 12.7 Å². The summed E-state index contributed by atoms with van der Waals surface area (Å²) in [4.78, 5) is 20.8. The second kappa shape index (κ2) is 9.86. The van der Waals surface area contributed by atoms with Crippen LogP contribution in [0.25, 0.3) is 22.4 Å². The van der Waals surface area contributed by atoms with Crippen molar-refractivity contribution in [3.8, 4) is 28.3 Å². The molecule has 3 N–H and O–H groups in total. The maximum Gasteiger partial charge on any atom is 0.280 e. The molecule has 0 aliphatic carbocycles. The molecule has 0 saturated heterocycles. The summed E-state index contributed by atoms with van der Waals surface area (Å²) in [5.74, 6) is -0.377. The van der Waals surface area contributed by atoms with E-state index in [-0.39, 0.29) is 35.5 Å². The Hall–Kier alpha value is -4.12. The molecule has 0 aliphatic heterocycles. The summed E-state index contributed by atoms with van der Waals surface area (Å²) < 4.78 is 46.7. The van der Waals surface area contributed by atoms with Crippen LogP contribution in [0.4, 0.5) is 19.1 Å². The highest BCUT2D eigenvalue weighted by Gasteiger charge is 2.23. The molecule has 0 atom stereocenters. The number of hydrogen-bond donors (Lipinski definition) is 2. The van der Waals surface area contributed by atoms with Crippen molar-refractivity contribution < 1.29 is 23.0 Å². The van der Waals surface area contributed by atoms with Crippen LogP contribution in [0.1, 0.15) is 43.2 Å². The number of alkyl halides is 2. The lowest BCUT2D eigenvalue weighted by Crippen LogP contribution is -2.20. The van der Waals surface area contributed by atoms with Crippen LogP contribution >= 0.6 is 0 Å². The maximum absolute atomic E-state index is 13.6. The van der Waals surface area contributed by atoms with E-state index < -0.39 is 23.5 Å². The van der Waals surface area contributed by atoms with Gasteiger partial charge < -0.3 is 15.6 Å². The van der Waals surface area contributed by atoms with E-state index >= 15 is 0 Å². The van der Waals surface area contributed by atoms with Gasteiger partial charge >= 0.3 is 0 Å². The molecule has 0 aliphatic rings. The number of nitrogen functional groups attached to an aromatic ring is 1. The van der Waals surface area contributed by atoms with Crippen molar-refractivity contribution in [1.82, 2.24) is 24.9 Å². The number of aromatic nitrogens is 5. The standard InChI is InChI=1S/C25H23F3N6O2/c1-13-10-15(11-18(31-13)21(27)28)19-20(14-4-6-16(26)7-5-14)33-24(29)34-22(19)36-12-17-8-9-30-23(32-17)25(2,3)35/h4-11,21,35H,12H2,1-3H3,(H2,29,33,34). The van der Waals surface area contributed by atoms with Crippen LogP contribution in [0.5, 0.6) is 5.88 Å². The van der Waals surface area contributed by atoms with E-state index in [1.54, 1.807) is 32.9 Å². The van der Waals surface area contributed by atoms with Crippen LogP contribution in [0.2, 0.25) is 0 Å². The molecule has 11 heteroatoms. The first-order valence-electron chi connectivity index (χ1n) is 10.9. The molecule has 3 aromatic heterocycles. The molecular weight excluding hydrogens is 473 g/mol. The van der Waals surface area contributed by atoms with Crippen molar-refractivity contribution in [3.63, 3.8) is 0 Å². The fraction of sp³-hybridized carbons (Fsp3) is 0.240. The first-order chi connectivity index (χ1) is 17.0. The molecule has 4 rings (SSSR count). The molecule has 0 radical (unpaired) electrons. The summed E-state index contributed by atoms with van der Waals surface area (Å²) in [5.41, 5.74) is 6.40. The van der Waals surface area contributed by atoms with Gasteiger partial charge in [0, 0.05) is 17.5 Å². The molecule has 0 amide bonds. The minimum Gasteiger partial charge on any atom is -0.471 e. The van der Waals surface area contributed by atoms with Gasteiger partial charge in [0.15, 0.2) is 5.82 Å². The smallest absolute Gasteiger partial charge is 0.280 e. The summed E-state index contributed by atoms with van der Waals surface area (Å²) >= 11 is 0. The molecule has 186 valence electrons. The largest absolute Gasteiger partial charge is 0.471 e. The van der Waals surface area contributed by atoms with E-state index in [2.05, 4.69) is 24.9 Å². The lowest BCUT2D eigenvalue weighted by molar-refractivity contribution is 0.0681. The Balaban J connectivity index is 1.85. The zero-order chi connectivity index (χ0) is 26.0. The topological polar surface area (TPSA) is 120 Å². The fourth-order valence-electron chi connectivity index (χ4n) is 3.50. The van der Waals surface area contributed by atoms with Gasteiger partial charge in [-0.05, 0) is 68.8 Å². The Morgan fingerprint density at radius 3 is 2.39 bits per heavy atom. The third kappa shape index (κ3) is 5.57. The second-order valence-corrected chi connectivity index (χ2v) is 8.56. The number of ether oxygens (including phenoxy) is 1. The van der Waals surface area contributed by atoms with Gasteiger partial charge in [0.1, 0.15) is 23.7 Å². The average Bonchev–Trinajstić information content (AvgIpc) is 2.82. The summed E-state index contributed by atoms with van der Waals surface area (Å²) in [6.45, 7) is 4.60. The number of aryl methyl sites for hydroxylation is 1. The van der Waals surface area contributed by atoms with Crippen LogP contribution in [-0.2, 0) is 12.2 Å². The average molecular weight is 496 g/mol. The molecule has 36 heavy (non-hydrogen) atoms. The van der Waals surface area contributed by atoms with E-state index in [1.165, 1.54) is 36.5 Å². The minimum atomic E-state index is -2.81. The Morgan fingerprint density at radius 1 is 1.00 bits per heavy atom. The van der Waals surface area contributed by atoms with Gasteiger partial charge in [0.05, 0.1) is 17.0 Å². The Morgan fingerprint density at radius 2 is 1.72 bits per heavy atom. The zero-order valence-corrected chi connectivity index (χ0v) is 19.7. The number of nitrogens with zero attached hydrogens (tertiary/aromatic N) is 5. The van der Waals surface area contributed by atoms with E-state index in [4.69, 9.17) is 10.5 Å². The number of aliphatic hydroxyl groups is 1. The van der Waals surface area contributed by atoms with Gasteiger partial charge in [-0.2, -0.15) is 4.98 Å². The molecule has 3 heterocycles. The number of pyridine rings is 1. The number of halogens is 3. The van der Waals surface area contributed by atoms with Gasteiger partial charge in [0.25, 0.3) is 6.43 Å². The molecule has 0 unspecified atom stereocenters. The highest BCUT2D eigenvalue weighted by atomic mass is 19.3. The van der Waals surface area contributed by atoms with E-state index in [9.17, 15) is 18.3 Å².